The number of amides is 4. The minimum absolute atomic E-state index is 0.150. The molecule has 2 heterocycles. The highest BCUT2D eigenvalue weighted by atomic mass is 16.2. The average molecular weight is 485 g/mol. The highest BCUT2D eigenvalue weighted by Crippen LogP contribution is 2.25. The number of imide groups is 1. The van der Waals surface area contributed by atoms with Crippen LogP contribution in [0.5, 0.6) is 0 Å². The zero-order chi connectivity index (χ0) is 26.0. The summed E-state index contributed by atoms with van der Waals surface area (Å²) in [7, 11) is 0. The third-order valence-electron chi connectivity index (χ3n) is 6.52. The van der Waals surface area contributed by atoms with Gasteiger partial charge in [-0.3, -0.25) is 9.59 Å². The number of hydrogen-bond acceptors (Lipinski definition) is 3. The van der Waals surface area contributed by atoms with E-state index in [2.05, 4.69) is 53.3 Å². The summed E-state index contributed by atoms with van der Waals surface area (Å²) in [4.78, 5) is 39.1. The van der Waals surface area contributed by atoms with Crippen molar-refractivity contribution >= 4 is 29.6 Å². The van der Waals surface area contributed by atoms with Gasteiger partial charge in [-0.05, 0) is 73.2 Å². The van der Waals surface area contributed by atoms with Crippen LogP contribution in [0, 0.1) is 13.8 Å². The van der Waals surface area contributed by atoms with Gasteiger partial charge in [0.05, 0.1) is 0 Å². The van der Waals surface area contributed by atoms with Crippen LogP contribution in [-0.2, 0) is 16.0 Å². The number of aromatic nitrogens is 1. The van der Waals surface area contributed by atoms with E-state index in [1.807, 2.05) is 45.0 Å². The fraction of sp³-hybridized carbons (Fsp3) is 0.276. The Bertz CT molecular complexity index is 1350. The maximum Gasteiger partial charge on any atom is 0.329 e. The average Bonchev–Trinajstić information content (AvgIpc) is 3.28. The lowest BCUT2D eigenvalue weighted by Gasteiger charge is -2.13. The first-order valence-corrected chi connectivity index (χ1v) is 12.2. The molecule has 4 rings (SSSR count). The summed E-state index contributed by atoms with van der Waals surface area (Å²) in [5.74, 6) is -0.497. The number of hydrogen-bond donors (Lipinski definition) is 2. The Balaban J connectivity index is 1.52. The smallest absolute Gasteiger partial charge is 0.324 e. The number of carbonyl (C=O) groups excluding carboxylic acids is 3. The standard InChI is InChI=1S/C29H32N4O3/c1-6-21-9-7-8-10-25(21)30-27(34)17-32-28(35)26(31-29(32)36)16-23-15-19(4)33(20(23)5)24-13-11-22(12-14-24)18(2)3/h7-16,18H,6,17H2,1-5H3,(H,30,34)(H,31,36)/b26-16+. The molecular weight excluding hydrogens is 452 g/mol. The van der Waals surface area contributed by atoms with Gasteiger partial charge in [-0.1, -0.05) is 51.1 Å². The van der Waals surface area contributed by atoms with Gasteiger partial charge in [-0.2, -0.15) is 0 Å². The van der Waals surface area contributed by atoms with Gasteiger partial charge in [0.1, 0.15) is 12.2 Å². The molecule has 0 bridgehead atoms. The van der Waals surface area contributed by atoms with Crippen molar-refractivity contribution in [1.29, 1.82) is 0 Å². The van der Waals surface area contributed by atoms with Gasteiger partial charge in [-0.25, -0.2) is 9.69 Å². The largest absolute Gasteiger partial charge is 0.329 e. The highest BCUT2D eigenvalue weighted by Gasteiger charge is 2.35. The topological polar surface area (TPSA) is 83.4 Å². The summed E-state index contributed by atoms with van der Waals surface area (Å²) < 4.78 is 2.12. The van der Waals surface area contributed by atoms with Crippen molar-refractivity contribution in [3.8, 4) is 5.69 Å². The molecule has 1 fully saturated rings. The summed E-state index contributed by atoms with van der Waals surface area (Å²) in [6, 6.07) is 17.3. The third-order valence-corrected chi connectivity index (χ3v) is 6.52. The van der Waals surface area contributed by atoms with E-state index < -0.39 is 17.8 Å². The molecule has 0 radical (unpaired) electrons. The van der Waals surface area contributed by atoms with E-state index >= 15 is 0 Å². The van der Waals surface area contributed by atoms with Crippen molar-refractivity contribution in [3.63, 3.8) is 0 Å². The number of rotatable bonds is 7. The van der Waals surface area contributed by atoms with Gasteiger partial charge in [0, 0.05) is 22.8 Å². The van der Waals surface area contributed by atoms with Gasteiger partial charge in [-0.15, -0.1) is 0 Å². The predicted octanol–water partition coefficient (Wildman–Crippen LogP) is 5.31. The number of urea groups is 1. The molecule has 0 spiro atoms. The van der Waals surface area contributed by atoms with Crippen LogP contribution in [-0.4, -0.2) is 33.9 Å². The number of benzene rings is 2. The molecule has 2 aromatic carbocycles. The first kappa shape index (κ1) is 25.0. The van der Waals surface area contributed by atoms with Crippen molar-refractivity contribution in [2.24, 2.45) is 0 Å². The van der Waals surface area contributed by atoms with Crippen LogP contribution in [0.4, 0.5) is 10.5 Å². The second-order valence-electron chi connectivity index (χ2n) is 9.35. The van der Waals surface area contributed by atoms with E-state index in [4.69, 9.17) is 0 Å². The molecule has 0 unspecified atom stereocenters. The van der Waals surface area contributed by atoms with E-state index in [-0.39, 0.29) is 12.2 Å². The third kappa shape index (κ3) is 4.96. The Morgan fingerprint density at radius 1 is 1.06 bits per heavy atom. The Morgan fingerprint density at radius 3 is 2.42 bits per heavy atom. The molecule has 2 N–H and O–H groups in total. The predicted molar refractivity (Wildman–Crippen MR) is 142 cm³/mol. The van der Waals surface area contributed by atoms with Crippen LogP contribution >= 0.6 is 0 Å². The Morgan fingerprint density at radius 2 is 1.75 bits per heavy atom. The molecule has 4 amide bonds. The van der Waals surface area contributed by atoms with Gasteiger partial charge >= 0.3 is 6.03 Å². The molecule has 36 heavy (non-hydrogen) atoms. The zero-order valence-corrected chi connectivity index (χ0v) is 21.4. The molecule has 0 saturated carbocycles. The molecule has 1 aromatic heterocycles. The molecule has 7 nitrogen and oxygen atoms in total. The van der Waals surface area contributed by atoms with Gasteiger partial charge < -0.3 is 15.2 Å². The van der Waals surface area contributed by atoms with Crippen molar-refractivity contribution in [1.82, 2.24) is 14.8 Å². The molecule has 186 valence electrons. The molecule has 0 atom stereocenters. The molecule has 3 aromatic rings. The summed E-state index contributed by atoms with van der Waals surface area (Å²) in [5.41, 5.74) is 6.91. The minimum atomic E-state index is -0.608. The van der Waals surface area contributed by atoms with Crippen LogP contribution < -0.4 is 10.6 Å². The summed E-state index contributed by atoms with van der Waals surface area (Å²) in [6.45, 7) is 9.95. The van der Waals surface area contributed by atoms with Crippen LogP contribution in [0.2, 0.25) is 0 Å². The fourth-order valence-corrected chi connectivity index (χ4v) is 4.49. The monoisotopic (exact) mass is 484 g/mol. The minimum Gasteiger partial charge on any atom is -0.324 e. The molecular formula is C29H32N4O3. The highest BCUT2D eigenvalue weighted by molar-refractivity contribution is 6.16. The molecule has 7 heteroatoms. The van der Waals surface area contributed by atoms with E-state index in [9.17, 15) is 14.4 Å². The van der Waals surface area contributed by atoms with Crippen molar-refractivity contribution < 1.29 is 14.4 Å². The van der Waals surface area contributed by atoms with Gasteiger partial charge in [0.2, 0.25) is 5.91 Å². The summed E-state index contributed by atoms with van der Waals surface area (Å²) in [6.07, 6.45) is 2.43. The lowest BCUT2D eigenvalue weighted by Crippen LogP contribution is -2.38. The number of nitrogens with one attached hydrogen (secondary N) is 2. The van der Waals surface area contributed by atoms with Crippen LogP contribution in [0.1, 0.15) is 54.8 Å². The SMILES string of the molecule is CCc1ccccc1NC(=O)CN1C(=O)N/C(=C/c2cc(C)n(-c3ccc(C(C)C)cc3)c2C)C1=O. The number of carbonyl (C=O) groups is 3. The summed E-state index contributed by atoms with van der Waals surface area (Å²) >= 11 is 0. The van der Waals surface area contributed by atoms with Gasteiger partial charge in [0.25, 0.3) is 5.91 Å². The first-order valence-electron chi connectivity index (χ1n) is 12.2. The molecule has 0 aliphatic carbocycles. The molecule has 1 saturated heterocycles. The zero-order valence-electron chi connectivity index (χ0n) is 21.4. The van der Waals surface area contributed by atoms with Crippen molar-refractivity contribution in [2.75, 3.05) is 11.9 Å². The Kier molecular flexibility index (Phi) is 7.10. The number of aryl methyl sites for hydroxylation is 2. The lowest BCUT2D eigenvalue weighted by atomic mass is 10.0. The second-order valence-corrected chi connectivity index (χ2v) is 9.35. The second kappa shape index (κ2) is 10.2. The van der Waals surface area contributed by atoms with E-state index in [1.165, 1.54) is 5.56 Å². The maximum absolute atomic E-state index is 13.0. The number of anilines is 1. The van der Waals surface area contributed by atoms with Gasteiger partial charge in [0.15, 0.2) is 0 Å². The van der Waals surface area contributed by atoms with Crippen LogP contribution in [0.25, 0.3) is 11.8 Å². The fourth-order valence-electron chi connectivity index (χ4n) is 4.49. The van der Waals surface area contributed by atoms with Crippen LogP contribution in [0.3, 0.4) is 0 Å². The Hall–Kier alpha value is -4.13. The first-order chi connectivity index (χ1) is 17.2. The quantitative estimate of drug-likeness (QED) is 0.352. The summed E-state index contributed by atoms with van der Waals surface area (Å²) in [5, 5.41) is 5.43. The van der Waals surface area contributed by atoms with E-state index in [1.54, 1.807) is 12.1 Å². The maximum atomic E-state index is 13.0. The van der Waals surface area contributed by atoms with Crippen molar-refractivity contribution in [3.05, 3.63) is 88.4 Å². The Labute approximate surface area is 211 Å². The van der Waals surface area contributed by atoms with Crippen LogP contribution in [0.15, 0.2) is 60.3 Å². The molecule has 1 aliphatic heterocycles. The lowest BCUT2D eigenvalue weighted by molar-refractivity contribution is -0.127. The number of para-hydroxylation sites is 1. The molecule has 1 aliphatic rings. The number of nitrogens with zero attached hydrogens (tertiary/aromatic N) is 2. The van der Waals surface area contributed by atoms with E-state index in [0.717, 1.165) is 39.5 Å². The van der Waals surface area contributed by atoms with Crippen molar-refractivity contribution in [2.45, 2.75) is 47.0 Å². The van der Waals surface area contributed by atoms with E-state index in [0.29, 0.717) is 11.6 Å². The normalized spacial score (nSPS) is 14.6.